The van der Waals surface area contributed by atoms with E-state index in [1.165, 1.54) is 10.6 Å². The number of rotatable bonds is 2. The number of halogens is 7. The van der Waals surface area contributed by atoms with Gasteiger partial charge in [0.15, 0.2) is 17.2 Å². The fourth-order valence-corrected chi connectivity index (χ4v) is 3.79. The number of aromatic nitrogens is 3. The molecule has 7 nitrogen and oxygen atoms in total. The van der Waals surface area contributed by atoms with Crippen molar-refractivity contribution in [3.63, 3.8) is 0 Å². The van der Waals surface area contributed by atoms with E-state index >= 15 is 0 Å². The van der Waals surface area contributed by atoms with E-state index in [0.29, 0.717) is 29.7 Å². The molecule has 1 saturated carbocycles. The summed E-state index contributed by atoms with van der Waals surface area (Å²) in [5.41, 5.74) is 5.06. The number of nitrogen functional groups attached to an aromatic ring is 1. The largest absolute Gasteiger partial charge is 0.490 e. The number of aliphatic hydroxyl groups is 1. The summed E-state index contributed by atoms with van der Waals surface area (Å²) in [6.07, 6.45) is -7.78. The van der Waals surface area contributed by atoms with Gasteiger partial charge in [-0.25, -0.2) is 19.2 Å². The van der Waals surface area contributed by atoms with E-state index < -0.39 is 35.8 Å². The highest BCUT2D eigenvalue weighted by atomic mass is 19.4. The molecule has 2 unspecified atom stereocenters. The molecule has 1 aromatic carbocycles. The quantitative estimate of drug-likeness (QED) is 0.435. The molecule has 0 radical (unpaired) electrons. The van der Waals surface area contributed by atoms with Gasteiger partial charge in [0, 0.05) is 11.8 Å². The third kappa shape index (κ3) is 5.16. The molecule has 14 heteroatoms. The summed E-state index contributed by atoms with van der Waals surface area (Å²) in [6.45, 7) is 1.78. The van der Waals surface area contributed by atoms with Gasteiger partial charge in [0.1, 0.15) is 11.8 Å². The molecule has 2 heterocycles. The minimum Gasteiger partial charge on any atom is -0.475 e. The number of benzene rings is 1. The molecule has 2 aromatic heterocycles. The van der Waals surface area contributed by atoms with Crippen LogP contribution in [0, 0.1) is 6.92 Å². The number of hydrogen-bond acceptors (Lipinski definition) is 5. The molecule has 35 heavy (non-hydrogen) atoms. The number of imidazole rings is 1. The predicted octanol–water partition coefficient (Wildman–Crippen LogP) is 4.65. The monoisotopic (exact) mass is 508 g/mol. The Morgan fingerprint density at radius 2 is 1.86 bits per heavy atom. The fraction of sp³-hybridized carbons (Fsp3) is 0.381. The van der Waals surface area contributed by atoms with Crippen LogP contribution in [0.3, 0.4) is 0 Å². The SMILES string of the molecule is Cc1ccc(C2(O)CCCC2F)cc1-c1cnc2c(N)nc(C(F)(F)F)cn12.O=C(O)C(F)(F)F. The van der Waals surface area contributed by atoms with Gasteiger partial charge in [-0.1, -0.05) is 12.1 Å². The molecule has 0 bridgehead atoms. The predicted molar refractivity (Wildman–Crippen MR) is 109 cm³/mol. The van der Waals surface area contributed by atoms with Gasteiger partial charge in [-0.05, 0) is 43.4 Å². The van der Waals surface area contributed by atoms with Crippen molar-refractivity contribution in [2.75, 3.05) is 5.73 Å². The highest BCUT2D eigenvalue weighted by Gasteiger charge is 2.43. The van der Waals surface area contributed by atoms with Crippen molar-refractivity contribution >= 4 is 17.4 Å². The molecule has 0 spiro atoms. The molecular weight excluding hydrogens is 489 g/mol. The lowest BCUT2D eigenvalue weighted by Crippen LogP contribution is -2.31. The molecule has 3 aromatic rings. The summed E-state index contributed by atoms with van der Waals surface area (Å²) in [4.78, 5) is 16.4. The molecule has 1 fully saturated rings. The summed E-state index contributed by atoms with van der Waals surface area (Å²) in [7, 11) is 0. The molecule has 1 aliphatic carbocycles. The molecule has 0 saturated heterocycles. The highest BCUT2D eigenvalue weighted by Crippen LogP contribution is 2.42. The first-order valence-corrected chi connectivity index (χ1v) is 10.0. The van der Waals surface area contributed by atoms with Gasteiger partial charge in [-0.15, -0.1) is 0 Å². The van der Waals surface area contributed by atoms with Crippen LogP contribution in [0.15, 0.2) is 30.6 Å². The van der Waals surface area contributed by atoms with Crippen LogP contribution in [0.5, 0.6) is 0 Å². The second-order valence-corrected chi connectivity index (χ2v) is 7.96. The van der Waals surface area contributed by atoms with Crippen molar-refractivity contribution in [1.29, 1.82) is 0 Å². The van der Waals surface area contributed by atoms with Crippen molar-refractivity contribution in [3.8, 4) is 11.3 Å². The summed E-state index contributed by atoms with van der Waals surface area (Å²) in [5, 5.41) is 17.9. The fourth-order valence-electron chi connectivity index (χ4n) is 3.79. The summed E-state index contributed by atoms with van der Waals surface area (Å²) < 4.78 is 86.7. The van der Waals surface area contributed by atoms with Crippen LogP contribution in [0.4, 0.5) is 36.6 Å². The Hall–Kier alpha value is -3.42. The number of fused-ring (bicyclic) bond motifs is 1. The number of carboxylic acids is 1. The zero-order valence-corrected chi connectivity index (χ0v) is 18.0. The summed E-state index contributed by atoms with van der Waals surface area (Å²) in [6, 6.07) is 4.97. The number of nitrogens with two attached hydrogens (primary N) is 1. The van der Waals surface area contributed by atoms with Crippen molar-refractivity contribution in [3.05, 3.63) is 47.4 Å². The van der Waals surface area contributed by atoms with Gasteiger partial charge in [0.05, 0.1) is 11.9 Å². The molecule has 0 amide bonds. The molecule has 4 N–H and O–H groups in total. The van der Waals surface area contributed by atoms with Crippen LogP contribution in [0.1, 0.15) is 36.1 Å². The van der Waals surface area contributed by atoms with E-state index in [2.05, 4.69) is 9.97 Å². The Labute approximate surface area is 193 Å². The van der Waals surface area contributed by atoms with Gasteiger partial charge < -0.3 is 15.9 Å². The minimum atomic E-state index is -5.08. The Kier molecular flexibility index (Phi) is 6.72. The number of alkyl halides is 7. The number of carbonyl (C=O) groups is 1. The second-order valence-electron chi connectivity index (χ2n) is 7.96. The number of aryl methyl sites for hydroxylation is 1. The van der Waals surface area contributed by atoms with E-state index in [-0.39, 0.29) is 17.9 Å². The lowest BCUT2D eigenvalue weighted by atomic mass is 9.88. The minimum absolute atomic E-state index is 0.0933. The van der Waals surface area contributed by atoms with Crippen molar-refractivity contribution in [1.82, 2.24) is 14.4 Å². The van der Waals surface area contributed by atoms with Crippen LogP contribution in [0.25, 0.3) is 16.9 Å². The van der Waals surface area contributed by atoms with Crippen LogP contribution in [-0.4, -0.2) is 42.9 Å². The first-order chi connectivity index (χ1) is 16.1. The third-order valence-electron chi connectivity index (χ3n) is 5.60. The maximum Gasteiger partial charge on any atom is 0.490 e. The average molecular weight is 508 g/mol. The van der Waals surface area contributed by atoms with Crippen molar-refractivity contribution in [2.24, 2.45) is 0 Å². The topological polar surface area (TPSA) is 114 Å². The van der Waals surface area contributed by atoms with Gasteiger partial charge in [0.25, 0.3) is 0 Å². The molecule has 190 valence electrons. The maximum atomic E-state index is 14.3. The Morgan fingerprint density at radius 3 is 2.37 bits per heavy atom. The summed E-state index contributed by atoms with van der Waals surface area (Å²) in [5.74, 6) is -3.10. The third-order valence-corrected chi connectivity index (χ3v) is 5.60. The number of anilines is 1. The zero-order chi connectivity index (χ0) is 26.3. The van der Waals surface area contributed by atoms with Crippen molar-refractivity contribution < 1.29 is 45.7 Å². The lowest BCUT2D eigenvalue weighted by molar-refractivity contribution is -0.192. The normalized spacial score (nSPS) is 20.5. The van der Waals surface area contributed by atoms with Crippen LogP contribution in [-0.2, 0) is 16.6 Å². The van der Waals surface area contributed by atoms with Crippen LogP contribution in [0.2, 0.25) is 0 Å². The van der Waals surface area contributed by atoms with E-state index in [9.17, 15) is 35.8 Å². The molecule has 1 aliphatic rings. The molecule has 4 rings (SSSR count). The number of aliphatic carboxylic acids is 1. The zero-order valence-electron chi connectivity index (χ0n) is 18.0. The van der Waals surface area contributed by atoms with E-state index in [4.69, 9.17) is 15.6 Å². The molecule has 0 aliphatic heterocycles. The second kappa shape index (κ2) is 8.98. The number of carboxylic acid groups (broad SMARTS) is 1. The maximum absolute atomic E-state index is 14.3. The number of hydrogen-bond donors (Lipinski definition) is 3. The lowest BCUT2D eigenvalue weighted by Gasteiger charge is -2.26. The molecular formula is C21H19F7N4O3. The van der Waals surface area contributed by atoms with Crippen LogP contribution < -0.4 is 5.73 Å². The van der Waals surface area contributed by atoms with Crippen molar-refractivity contribution in [2.45, 2.75) is 50.3 Å². The van der Waals surface area contributed by atoms with Crippen LogP contribution >= 0.6 is 0 Å². The first kappa shape index (κ1) is 26.2. The Balaban J connectivity index is 0.000000429. The summed E-state index contributed by atoms with van der Waals surface area (Å²) >= 11 is 0. The molecule has 2 atom stereocenters. The van der Waals surface area contributed by atoms with E-state index in [0.717, 1.165) is 11.8 Å². The van der Waals surface area contributed by atoms with E-state index in [1.807, 2.05) is 0 Å². The smallest absolute Gasteiger partial charge is 0.475 e. The van der Waals surface area contributed by atoms with Gasteiger partial charge in [0.2, 0.25) is 0 Å². The van der Waals surface area contributed by atoms with Gasteiger partial charge in [-0.2, -0.15) is 26.3 Å². The Bertz CT molecular complexity index is 1260. The highest BCUT2D eigenvalue weighted by molar-refractivity contribution is 5.73. The number of nitrogens with zero attached hydrogens (tertiary/aromatic N) is 3. The standard InChI is InChI=1S/C19H18F4N4O.C2HF3O2/c1-10-4-5-11(18(28)6-2-3-14(18)20)7-12(10)13-8-25-17-16(24)26-15(9-27(13)17)19(21,22)23;3-2(4,5)1(6)7/h4-5,7-9,14,28H,2-3,6H2,1H3,(H2,24,26);(H,6,7). The first-order valence-electron chi connectivity index (χ1n) is 10.0. The Morgan fingerprint density at radius 1 is 1.23 bits per heavy atom. The van der Waals surface area contributed by atoms with Gasteiger partial charge in [-0.3, -0.25) is 4.40 Å². The van der Waals surface area contributed by atoms with E-state index in [1.54, 1.807) is 25.1 Å². The average Bonchev–Trinajstić information content (AvgIpc) is 3.32. The van der Waals surface area contributed by atoms with Gasteiger partial charge >= 0.3 is 18.3 Å².